The second-order valence-electron chi connectivity index (χ2n) is 6.10. The number of benzene rings is 1. The Hall–Kier alpha value is -2.05. The second-order valence-corrected chi connectivity index (χ2v) is 6.54. The summed E-state index contributed by atoms with van der Waals surface area (Å²) < 4.78 is 11.2. The summed E-state index contributed by atoms with van der Waals surface area (Å²) in [5.41, 5.74) is 0.717. The summed E-state index contributed by atoms with van der Waals surface area (Å²) >= 11 is 5.90. The number of carboxylic acid groups (broad SMARTS) is 1. The van der Waals surface area contributed by atoms with Gasteiger partial charge in [0.05, 0.1) is 6.10 Å². The Morgan fingerprint density at radius 2 is 2.20 bits per heavy atom. The average molecular weight is 365 g/mol. The lowest BCUT2D eigenvalue weighted by Gasteiger charge is -2.32. The number of hydrogen-bond donors (Lipinski definition) is 1. The van der Waals surface area contributed by atoms with Crippen LogP contribution in [0, 0.1) is 0 Å². The van der Waals surface area contributed by atoms with Gasteiger partial charge in [-0.15, -0.1) is 0 Å². The number of nitrogens with zero attached hydrogens (tertiary/aromatic N) is 2. The topological polar surface area (TPSA) is 75.8 Å². The largest absolute Gasteiger partial charge is 0.477 e. The molecule has 7 heteroatoms. The number of hydrogen-bond acceptors (Lipinski definition) is 5. The van der Waals surface area contributed by atoms with Crippen LogP contribution in [0.15, 0.2) is 28.8 Å². The highest BCUT2D eigenvalue weighted by molar-refractivity contribution is 6.30. The van der Waals surface area contributed by atoms with Crippen molar-refractivity contribution in [2.24, 2.45) is 0 Å². The first-order valence-corrected chi connectivity index (χ1v) is 8.83. The molecule has 1 fully saturated rings. The molecule has 25 heavy (non-hydrogen) atoms. The van der Waals surface area contributed by atoms with E-state index < -0.39 is 5.97 Å². The molecule has 1 N–H and O–H groups in total. The summed E-state index contributed by atoms with van der Waals surface area (Å²) in [6.45, 7) is 4.13. The number of carbonyl (C=O) groups is 1. The van der Waals surface area contributed by atoms with E-state index in [1.165, 1.54) is 0 Å². The third-order valence-electron chi connectivity index (χ3n) is 4.23. The third-order valence-corrected chi connectivity index (χ3v) is 4.48. The number of anilines is 1. The molecule has 3 rings (SSSR count). The Morgan fingerprint density at radius 1 is 1.44 bits per heavy atom. The first-order chi connectivity index (χ1) is 12.1. The maximum atomic E-state index is 11.9. The van der Waals surface area contributed by atoms with Gasteiger partial charge in [0.25, 0.3) is 0 Å². The summed E-state index contributed by atoms with van der Waals surface area (Å²) in [6.07, 6.45) is 2.95. The number of aromatic nitrogens is 1. The second kappa shape index (κ2) is 7.89. The van der Waals surface area contributed by atoms with E-state index in [2.05, 4.69) is 12.1 Å². The van der Waals surface area contributed by atoms with E-state index in [0.717, 1.165) is 25.8 Å². The van der Waals surface area contributed by atoms with Gasteiger partial charge in [-0.05, 0) is 43.5 Å². The fourth-order valence-electron chi connectivity index (χ4n) is 3.04. The summed E-state index contributed by atoms with van der Waals surface area (Å²) in [7, 11) is 0. The maximum absolute atomic E-state index is 11.9. The van der Waals surface area contributed by atoms with Crippen molar-refractivity contribution in [1.82, 2.24) is 5.16 Å². The number of piperidine rings is 1. The molecule has 6 nitrogen and oxygen atoms in total. The van der Waals surface area contributed by atoms with Crippen LogP contribution < -0.4 is 4.90 Å². The van der Waals surface area contributed by atoms with Crippen LogP contribution in [0.25, 0.3) is 11.3 Å². The number of ether oxygens (including phenoxy) is 1. The predicted octanol–water partition coefficient (Wildman–Crippen LogP) is 4.09. The smallest absolute Gasteiger partial charge is 0.343 e. The van der Waals surface area contributed by atoms with Gasteiger partial charge in [-0.2, -0.15) is 0 Å². The number of rotatable bonds is 6. The van der Waals surface area contributed by atoms with Gasteiger partial charge in [0.15, 0.2) is 17.1 Å². The molecule has 0 amide bonds. The van der Waals surface area contributed by atoms with Crippen LogP contribution in [0.5, 0.6) is 0 Å². The Bertz CT molecular complexity index is 729. The molecule has 134 valence electrons. The molecule has 0 radical (unpaired) electrons. The van der Waals surface area contributed by atoms with Crippen LogP contribution in [0.2, 0.25) is 5.02 Å². The fraction of sp³-hybridized carbons (Fsp3) is 0.444. The molecule has 1 aromatic carbocycles. The zero-order chi connectivity index (χ0) is 17.8. The molecule has 2 aromatic rings. The van der Waals surface area contributed by atoms with Crippen molar-refractivity contribution in [2.45, 2.75) is 32.3 Å². The Kier molecular flexibility index (Phi) is 5.60. The standard InChI is InChI=1S/C18H21ClN2O4/c1-2-10-24-14-4-3-9-21(11-14)17-15(18(22)23)16(25-20-17)12-5-7-13(19)8-6-12/h5-8,14H,2-4,9-11H2,1H3,(H,22,23). The van der Waals surface area contributed by atoms with Gasteiger partial charge < -0.3 is 19.3 Å². The minimum absolute atomic E-state index is 0.0819. The molecular formula is C18H21ClN2O4. The minimum Gasteiger partial charge on any atom is -0.477 e. The number of aromatic carboxylic acids is 1. The van der Waals surface area contributed by atoms with Crippen LogP contribution >= 0.6 is 11.6 Å². The van der Waals surface area contributed by atoms with E-state index in [-0.39, 0.29) is 17.4 Å². The van der Waals surface area contributed by atoms with Gasteiger partial charge in [0.1, 0.15) is 0 Å². The normalized spacial score (nSPS) is 17.7. The summed E-state index contributed by atoms with van der Waals surface area (Å²) in [4.78, 5) is 13.8. The van der Waals surface area contributed by atoms with Crippen LogP contribution in [0.3, 0.4) is 0 Å². The summed E-state index contributed by atoms with van der Waals surface area (Å²) in [5, 5.41) is 14.3. The SMILES string of the molecule is CCCOC1CCCN(c2noc(-c3ccc(Cl)cc3)c2C(=O)O)C1. The highest BCUT2D eigenvalue weighted by atomic mass is 35.5. The molecule has 1 aromatic heterocycles. The predicted molar refractivity (Wildman–Crippen MR) is 95.4 cm³/mol. The van der Waals surface area contributed by atoms with E-state index in [4.69, 9.17) is 20.9 Å². The molecule has 1 atom stereocenters. The van der Waals surface area contributed by atoms with Crippen LogP contribution in [0.1, 0.15) is 36.5 Å². The van der Waals surface area contributed by atoms with Crippen molar-refractivity contribution in [3.8, 4) is 11.3 Å². The van der Waals surface area contributed by atoms with Gasteiger partial charge in [-0.3, -0.25) is 0 Å². The van der Waals surface area contributed by atoms with Crippen molar-refractivity contribution in [1.29, 1.82) is 0 Å². The van der Waals surface area contributed by atoms with Gasteiger partial charge >= 0.3 is 5.97 Å². The lowest BCUT2D eigenvalue weighted by molar-refractivity contribution is 0.0436. The van der Waals surface area contributed by atoms with Gasteiger partial charge in [-0.25, -0.2) is 4.79 Å². The number of halogens is 1. The minimum atomic E-state index is -1.06. The van der Waals surface area contributed by atoms with Crippen molar-refractivity contribution in [3.63, 3.8) is 0 Å². The molecule has 1 saturated heterocycles. The lowest BCUT2D eigenvalue weighted by Crippen LogP contribution is -2.40. The zero-order valence-electron chi connectivity index (χ0n) is 14.1. The first kappa shape index (κ1) is 17.8. The molecule has 0 aliphatic carbocycles. The molecule has 0 saturated carbocycles. The monoisotopic (exact) mass is 364 g/mol. The molecule has 0 spiro atoms. The molecule has 2 heterocycles. The first-order valence-electron chi connectivity index (χ1n) is 8.45. The lowest BCUT2D eigenvalue weighted by atomic mass is 10.1. The number of carboxylic acids is 1. The zero-order valence-corrected chi connectivity index (χ0v) is 14.8. The molecule has 1 unspecified atom stereocenters. The van der Waals surface area contributed by atoms with Crippen molar-refractivity contribution < 1.29 is 19.2 Å². The Labute approximate surface area is 151 Å². The molecule has 1 aliphatic heterocycles. The van der Waals surface area contributed by atoms with Gasteiger partial charge in [0.2, 0.25) is 0 Å². The summed E-state index contributed by atoms with van der Waals surface area (Å²) in [6, 6.07) is 6.84. The molecule has 0 bridgehead atoms. The van der Waals surface area contributed by atoms with E-state index >= 15 is 0 Å². The average Bonchev–Trinajstić information content (AvgIpc) is 3.06. The molecule has 1 aliphatic rings. The maximum Gasteiger partial charge on any atom is 0.343 e. The van der Waals surface area contributed by atoms with Crippen LogP contribution in [-0.4, -0.2) is 42.0 Å². The van der Waals surface area contributed by atoms with E-state index in [0.29, 0.717) is 29.6 Å². The van der Waals surface area contributed by atoms with Crippen molar-refractivity contribution in [3.05, 3.63) is 34.9 Å². The van der Waals surface area contributed by atoms with E-state index in [1.807, 2.05) is 4.90 Å². The Balaban J connectivity index is 1.89. The highest BCUT2D eigenvalue weighted by Crippen LogP contribution is 2.33. The van der Waals surface area contributed by atoms with Gasteiger partial charge in [0, 0.05) is 30.3 Å². The van der Waals surface area contributed by atoms with E-state index in [1.54, 1.807) is 24.3 Å². The van der Waals surface area contributed by atoms with Crippen molar-refractivity contribution >= 4 is 23.4 Å². The van der Waals surface area contributed by atoms with Gasteiger partial charge in [-0.1, -0.05) is 23.7 Å². The molecular weight excluding hydrogens is 344 g/mol. The Morgan fingerprint density at radius 3 is 2.88 bits per heavy atom. The van der Waals surface area contributed by atoms with Crippen molar-refractivity contribution in [2.75, 3.05) is 24.6 Å². The quantitative estimate of drug-likeness (QED) is 0.832. The van der Waals surface area contributed by atoms with Crippen LogP contribution in [-0.2, 0) is 4.74 Å². The summed E-state index contributed by atoms with van der Waals surface area (Å²) in [5.74, 6) is -0.448. The van der Waals surface area contributed by atoms with E-state index in [9.17, 15) is 9.90 Å². The fourth-order valence-corrected chi connectivity index (χ4v) is 3.17. The third kappa shape index (κ3) is 3.96. The highest BCUT2D eigenvalue weighted by Gasteiger charge is 2.30. The van der Waals surface area contributed by atoms with Crippen LogP contribution in [0.4, 0.5) is 5.82 Å².